The molecule has 90 valence electrons. The Balaban J connectivity index is 2.62. The molecule has 0 amide bonds. The average molecular weight is 210 g/mol. The first-order chi connectivity index (χ1) is 6.91. The van der Waals surface area contributed by atoms with E-state index in [2.05, 4.69) is 41.5 Å². The lowest BCUT2D eigenvalue weighted by Gasteiger charge is -2.33. The van der Waals surface area contributed by atoms with Crippen molar-refractivity contribution in [1.29, 1.82) is 0 Å². The Morgan fingerprint density at radius 2 is 1.93 bits per heavy atom. The van der Waals surface area contributed by atoms with Gasteiger partial charge < -0.3 is 0 Å². The highest BCUT2D eigenvalue weighted by atomic mass is 14.6. The highest BCUT2D eigenvalue weighted by Gasteiger charge is 2.56. The van der Waals surface area contributed by atoms with Gasteiger partial charge in [0.15, 0.2) is 0 Å². The van der Waals surface area contributed by atoms with Crippen LogP contribution in [0.5, 0.6) is 0 Å². The summed E-state index contributed by atoms with van der Waals surface area (Å²) in [4.78, 5) is 0. The van der Waals surface area contributed by atoms with E-state index in [1.165, 1.54) is 32.1 Å². The molecule has 15 heavy (non-hydrogen) atoms. The van der Waals surface area contributed by atoms with Gasteiger partial charge in [-0.1, -0.05) is 60.8 Å². The number of rotatable bonds is 6. The monoisotopic (exact) mass is 210 g/mol. The van der Waals surface area contributed by atoms with Crippen LogP contribution >= 0.6 is 0 Å². The molecule has 0 spiro atoms. The molecule has 4 unspecified atom stereocenters. The predicted octanol–water partition coefficient (Wildman–Crippen LogP) is 5.28. The van der Waals surface area contributed by atoms with Crippen LogP contribution < -0.4 is 0 Å². The topological polar surface area (TPSA) is 0 Å². The number of hydrogen-bond donors (Lipinski definition) is 0. The first-order valence-corrected chi connectivity index (χ1v) is 6.91. The van der Waals surface area contributed by atoms with Crippen molar-refractivity contribution in [1.82, 2.24) is 0 Å². The van der Waals surface area contributed by atoms with Crippen molar-refractivity contribution in [2.45, 2.75) is 73.6 Å². The lowest BCUT2D eigenvalue weighted by Crippen LogP contribution is -2.24. The van der Waals surface area contributed by atoms with E-state index in [0.717, 1.165) is 11.8 Å². The van der Waals surface area contributed by atoms with Gasteiger partial charge in [0.1, 0.15) is 0 Å². The van der Waals surface area contributed by atoms with Crippen LogP contribution in [0.15, 0.2) is 0 Å². The summed E-state index contributed by atoms with van der Waals surface area (Å²) < 4.78 is 0. The van der Waals surface area contributed by atoms with Gasteiger partial charge in [0.05, 0.1) is 0 Å². The molecule has 1 aliphatic rings. The molecule has 0 aromatic heterocycles. The Labute approximate surface area is 96.8 Å². The molecule has 4 atom stereocenters. The molecule has 1 saturated carbocycles. The summed E-state index contributed by atoms with van der Waals surface area (Å²) in [7, 11) is 0. The van der Waals surface area contributed by atoms with Crippen molar-refractivity contribution in [3.8, 4) is 0 Å². The van der Waals surface area contributed by atoms with Gasteiger partial charge in [-0.3, -0.25) is 0 Å². The van der Waals surface area contributed by atoms with Gasteiger partial charge in [-0.25, -0.2) is 0 Å². The Morgan fingerprint density at radius 3 is 2.27 bits per heavy atom. The standard InChI is InChI=1S/C15H30/c1-7-12(4)10-14(5,8-2)13-11-15(13,6)9-3/h12-13H,7-11H2,1-6H3. The molecule has 0 aromatic carbocycles. The summed E-state index contributed by atoms with van der Waals surface area (Å²) in [6.07, 6.45) is 6.97. The van der Waals surface area contributed by atoms with Crippen molar-refractivity contribution < 1.29 is 0 Å². The van der Waals surface area contributed by atoms with E-state index < -0.39 is 0 Å². The van der Waals surface area contributed by atoms with E-state index in [4.69, 9.17) is 0 Å². The molecular weight excluding hydrogens is 180 g/mol. The molecule has 0 aliphatic heterocycles. The Hall–Kier alpha value is 0. The van der Waals surface area contributed by atoms with Crippen molar-refractivity contribution in [2.75, 3.05) is 0 Å². The molecule has 1 rings (SSSR count). The van der Waals surface area contributed by atoms with Crippen LogP contribution in [-0.4, -0.2) is 0 Å². The molecule has 0 bridgehead atoms. The molecule has 0 saturated heterocycles. The second kappa shape index (κ2) is 4.47. The molecule has 0 heteroatoms. The quantitative estimate of drug-likeness (QED) is 0.560. The van der Waals surface area contributed by atoms with Crippen LogP contribution in [-0.2, 0) is 0 Å². The van der Waals surface area contributed by atoms with E-state index in [9.17, 15) is 0 Å². The van der Waals surface area contributed by atoms with E-state index in [1.807, 2.05) is 0 Å². The van der Waals surface area contributed by atoms with E-state index in [-0.39, 0.29) is 0 Å². The van der Waals surface area contributed by atoms with Crippen molar-refractivity contribution >= 4 is 0 Å². The summed E-state index contributed by atoms with van der Waals surface area (Å²) >= 11 is 0. The normalized spacial score (nSPS) is 36.0. The van der Waals surface area contributed by atoms with Crippen LogP contribution in [0.3, 0.4) is 0 Å². The lowest BCUT2D eigenvalue weighted by molar-refractivity contribution is 0.168. The lowest BCUT2D eigenvalue weighted by atomic mass is 9.72. The van der Waals surface area contributed by atoms with Gasteiger partial charge in [0.25, 0.3) is 0 Å². The summed E-state index contributed by atoms with van der Waals surface area (Å²) in [6.45, 7) is 14.5. The van der Waals surface area contributed by atoms with E-state index >= 15 is 0 Å². The zero-order chi connectivity index (χ0) is 11.7. The number of hydrogen-bond acceptors (Lipinski definition) is 0. The maximum absolute atomic E-state index is 2.53. The first-order valence-electron chi connectivity index (χ1n) is 6.91. The van der Waals surface area contributed by atoms with Gasteiger partial charge in [0.2, 0.25) is 0 Å². The van der Waals surface area contributed by atoms with Crippen LogP contribution in [0.4, 0.5) is 0 Å². The highest BCUT2D eigenvalue weighted by Crippen LogP contribution is 2.65. The molecule has 0 radical (unpaired) electrons. The van der Waals surface area contributed by atoms with Crippen LogP contribution in [0, 0.1) is 22.7 Å². The third-order valence-electron chi connectivity index (χ3n) is 5.32. The summed E-state index contributed by atoms with van der Waals surface area (Å²) in [5.41, 5.74) is 1.29. The summed E-state index contributed by atoms with van der Waals surface area (Å²) in [5, 5.41) is 0. The third-order valence-corrected chi connectivity index (χ3v) is 5.32. The summed E-state index contributed by atoms with van der Waals surface area (Å²) in [6, 6.07) is 0. The molecule has 0 nitrogen and oxygen atoms in total. The minimum absolute atomic E-state index is 0.611. The van der Waals surface area contributed by atoms with Gasteiger partial charge in [-0.2, -0.15) is 0 Å². The van der Waals surface area contributed by atoms with Crippen molar-refractivity contribution in [2.24, 2.45) is 22.7 Å². The fraction of sp³-hybridized carbons (Fsp3) is 1.00. The summed E-state index contributed by atoms with van der Waals surface area (Å²) in [5.74, 6) is 1.89. The fourth-order valence-electron chi connectivity index (χ4n) is 3.36. The zero-order valence-electron chi connectivity index (χ0n) is 11.7. The Morgan fingerprint density at radius 1 is 1.33 bits per heavy atom. The fourth-order valence-corrected chi connectivity index (χ4v) is 3.36. The maximum atomic E-state index is 2.53. The van der Waals surface area contributed by atoms with Gasteiger partial charge in [-0.15, -0.1) is 0 Å². The minimum Gasteiger partial charge on any atom is -0.0651 e. The maximum Gasteiger partial charge on any atom is -0.0292 e. The van der Waals surface area contributed by atoms with Crippen LogP contribution in [0.25, 0.3) is 0 Å². The van der Waals surface area contributed by atoms with Gasteiger partial charge in [-0.05, 0) is 35.5 Å². The third kappa shape index (κ3) is 2.57. The van der Waals surface area contributed by atoms with E-state index in [1.54, 1.807) is 0 Å². The van der Waals surface area contributed by atoms with Gasteiger partial charge in [0, 0.05) is 0 Å². The Kier molecular flexibility index (Phi) is 3.90. The SMILES string of the molecule is CCC(C)CC(C)(CC)C1CC1(C)CC. The smallest absolute Gasteiger partial charge is 0.0292 e. The second-order valence-electron chi connectivity index (χ2n) is 6.49. The zero-order valence-corrected chi connectivity index (χ0v) is 11.7. The molecule has 0 N–H and O–H groups in total. The minimum atomic E-state index is 0.611. The molecular formula is C15H30. The average Bonchev–Trinajstić information content (AvgIpc) is 2.92. The van der Waals surface area contributed by atoms with Gasteiger partial charge >= 0.3 is 0 Å². The molecule has 0 heterocycles. The van der Waals surface area contributed by atoms with Crippen LogP contribution in [0.2, 0.25) is 0 Å². The van der Waals surface area contributed by atoms with Crippen molar-refractivity contribution in [3.05, 3.63) is 0 Å². The highest BCUT2D eigenvalue weighted by molar-refractivity contribution is 5.05. The first kappa shape index (κ1) is 13.1. The van der Waals surface area contributed by atoms with Crippen molar-refractivity contribution in [3.63, 3.8) is 0 Å². The molecule has 0 aromatic rings. The van der Waals surface area contributed by atoms with E-state index in [0.29, 0.717) is 10.8 Å². The Bertz CT molecular complexity index is 208. The second-order valence-corrected chi connectivity index (χ2v) is 6.49. The predicted molar refractivity (Wildman–Crippen MR) is 69.0 cm³/mol. The molecule has 1 aliphatic carbocycles. The largest absolute Gasteiger partial charge is 0.0651 e. The molecule has 1 fully saturated rings. The van der Waals surface area contributed by atoms with Crippen LogP contribution in [0.1, 0.15) is 73.6 Å².